The van der Waals surface area contributed by atoms with E-state index < -0.39 is 94.6 Å². The summed E-state index contributed by atoms with van der Waals surface area (Å²) in [5, 5.41) is 8.56. The van der Waals surface area contributed by atoms with E-state index in [0.717, 1.165) is 0 Å². The third kappa shape index (κ3) is 5.98. The number of carbonyl (C=O) groups excluding carboxylic acids is 1. The summed E-state index contributed by atoms with van der Waals surface area (Å²) >= 11 is 0. The van der Waals surface area contributed by atoms with E-state index in [4.69, 9.17) is 9.66 Å². The molecule has 0 aliphatic carbocycles. The largest absolute Gasteiger partial charge is 0.481 e. The van der Waals surface area contributed by atoms with Crippen molar-refractivity contribution in [3.63, 3.8) is 0 Å². The van der Waals surface area contributed by atoms with Gasteiger partial charge < -0.3 is 9.84 Å². The van der Waals surface area contributed by atoms with E-state index in [1.54, 1.807) is 0 Å². The van der Waals surface area contributed by atoms with Crippen LogP contribution in [0.2, 0.25) is 0 Å². The first-order valence-electron chi connectivity index (χ1n) is 8.62. The molecule has 0 aliphatic heterocycles. The number of carboxylic acid groups (broad SMARTS) is 1. The molecular weight excluding hydrogens is 616 g/mol. The third-order valence-corrected chi connectivity index (χ3v) is 5.91. The Hall–Kier alpha value is -2.27. The van der Waals surface area contributed by atoms with Gasteiger partial charge in [0, 0.05) is 0 Å². The van der Waals surface area contributed by atoms with Crippen LogP contribution >= 0.6 is 0 Å². The minimum absolute atomic E-state index is 2.55. The molecule has 226 valence electrons. The Morgan fingerprint density at radius 3 is 1.32 bits per heavy atom. The standard InChI is InChI=1S/C14H10F16O7S/c15-3(5(17)18)11(23,24)13(27,28)7(21)10(1-2(31)32,38(34,35)36)9(33)37-8(22)14(29,30)12(25,26)4(16)6(19)20/h3-8H,1H2,(H,31,32)(H,34,35,36). The second-order valence-corrected chi connectivity index (χ2v) is 8.66. The maximum absolute atomic E-state index is 14.6. The van der Waals surface area contributed by atoms with Crippen molar-refractivity contribution in [3.05, 3.63) is 0 Å². The molecule has 0 radical (unpaired) electrons. The predicted octanol–water partition coefficient (Wildman–Crippen LogP) is 4.01. The van der Waals surface area contributed by atoms with E-state index in [0.29, 0.717) is 0 Å². The summed E-state index contributed by atoms with van der Waals surface area (Å²) in [4.78, 5) is 22.7. The number of aliphatic carboxylic acids is 1. The van der Waals surface area contributed by atoms with E-state index in [1.807, 2.05) is 0 Å². The van der Waals surface area contributed by atoms with Crippen molar-refractivity contribution in [2.24, 2.45) is 0 Å². The molecule has 0 heterocycles. The smallest absolute Gasteiger partial charge is 0.378 e. The molecule has 0 fully saturated rings. The zero-order chi connectivity index (χ0) is 31.0. The summed E-state index contributed by atoms with van der Waals surface area (Å²) in [5.74, 6) is -35.9. The molecule has 0 spiro atoms. The van der Waals surface area contributed by atoms with Crippen LogP contribution in [-0.2, 0) is 24.4 Å². The maximum Gasteiger partial charge on any atom is 0.378 e. The van der Waals surface area contributed by atoms with Gasteiger partial charge in [-0.1, -0.05) is 0 Å². The summed E-state index contributed by atoms with van der Waals surface area (Å²) in [5.41, 5.74) is 0. The Bertz CT molecular complexity index is 974. The Morgan fingerprint density at radius 1 is 0.684 bits per heavy atom. The van der Waals surface area contributed by atoms with Crippen LogP contribution in [0, 0.1) is 0 Å². The Balaban J connectivity index is 7.04. The molecule has 0 bridgehead atoms. The zero-order valence-corrected chi connectivity index (χ0v) is 17.9. The molecule has 5 atom stereocenters. The van der Waals surface area contributed by atoms with Crippen LogP contribution in [0.4, 0.5) is 70.2 Å². The highest BCUT2D eigenvalue weighted by atomic mass is 32.2. The van der Waals surface area contributed by atoms with Crippen molar-refractivity contribution in [2.45, 2.75) is 72.6 Å². The summed E-state index contributed by atoms with van der Waals surface area (Å²) in [7, 11) is -7.51. The molecule has 0 aliphatic rings. The van der Waals surface area contributed by atoms with E-state index in [9.17, 15) is 88.3 Å². The molecule has 0 saturated carbocycles. The predicted molar refractivity (Wildman–Crippen MR) is 84.0 cm³/mol. The Morgan fingerprint density at radius 2 is 1.03 bits per heavy atom. The van der Waals surface area contributed by atoms with E-state index in [2.05, 4.69) is 4.74 Å². The first-order chi connectivity index (χ1) is 16.6. The van der Waals surface area contributed by atoms with E-state index in [-0.39, 0.29) is 0 Å². The number of esters is 1. The number of hydrogen-bond donors (Lipinski definition) is 2. The first kappa shape index (κ1) is 35.7. The topological polar surface area (TPSA) is 118 Å². The number of carboxylic acids is 1. The van der Waals surface area contributed by atoms with Crippen LogP contribution in [0.1, 0.15) is 6.42 Å². The van der Waals surface area contributed by atoms with Gasteiger partial charge in [0.1, 0.15) is 0 Å². The second-order valence-electron chi connectivity index (χ2n) is 6.98. The molecule has 7 nitrogen and oxygen atoms in total. The average molecular weight is 626 g/mol. The average Bonchev–Trinajstić information content (AvgIpc) is 2.73. The fraction of sp³-hybridized carbons (Fsp3) is 0.857. The second kappa shape index (κ2) is 11.1. The zero-order valence-electron chi connectivity index (χ0n) is 17.1. The van der Waals surface area contributed by atoms with Crippen molar-refractivity contribution in [2.75, 3.05) is 0 Å². The molecule has 2 N–H and O–H groups in total. The lowest BCUT2D eigenvalue weighted by Crippen LogP contribution is -2.68. The van der Waals surface area contributed by atoms with Gasteiger partial charge in [-0.25, -0.2) is 30.7 Å². The highest BCUT2D eigenvalue weighted by molar-refractivity contribution is 7.88. The van der Waals surface area contributed by atoms with Crippen molar-refractivity contribution in [1.29, 1.82) is 0 Å². The molecule has 0 aromatic rings. The van der Waals surface area contributed by atoms with Gasteiger partial charge in [0.15, 0.2) is 0 Å². The van der Waals surface area contributed by atoms with Crippen LogP contribution in [0.5, 0.6) is 0 Å². The monoisotopic (exact) mass is 626 g/mol. The lowest BCUT2D eigenvalue weighted by atomic mass is 9.89. The lowest BCUT2D eigenvalue weighted by Gasteiger charge is -2.38. The van der Waals surface area contributed by atoms with Gasteiger partial charge in [0.05, 0.1) is 6.42 Å². The summed E-state index contributed by atoms with van der Waals surface area (Å²) in [6, 6.07) is 0. The van der Waals surface area contributed by atoms with Crippen LogP contribution in [0.25, 0.3) is 0 Å². The highest BCUT2D eigenvalue weighted by Crippen LogP contribution is 2.50. The molecule has 5 unspecified atom stereocenters. The van der Waals surface area contributed by atoms with Crippen molar-refractivity contribution >= 4 is 22.1 Å². The van der Waals surface area contributed by atoms with Gasteiger partial charge >= 0.3 is 42.0 Å². The third-order valence-electron chi connectivity index (χ3n) is 4.47. The van der Waals surface area contributed by atoms with Gasteiger partial charge in [-0.15, -0.1) is 0 Å². The van der Waals surface area contributed by atoms with Crippen LogP contribution < -0.4 is 0 Å². The molecule has 0 rings (SSSR count). The normalized spacial score (nSPS) is 19.0. The number of carbonyl (C=O) groups is 2. The minimum atomic E-state index is -7.51. The maximum atomic E-state index is 14.6. The van der Waals surface area contributed by atoms with Crippen LogP contribution in [-0.4, -0.2) is 96.2 Å². The van der Waals surface area contributed by atoms with E-state index >= 15 is 0 Å². The first-order valence-corrected chi connectivity index (χ1v) is 10.1. The van der Waals surface area contributed by atoms with Crippen molar-refractivity contribution < 1.29 is 103 Å². The van der Waals surface area contributed by atoms with Crippen molar-refractivity contribution in [1.82, 2.24) is 0 Å². The fourth-order valence-electron chi connectivity index (χ4n) is 2.38. The molecule has 24 heteroatoms. The Labute approximate surface area is 198 Å². The number of alkyl halides is 16. The molecule has 38 heavy (non-hydrogen) atoms. The van der Waals surface area contributed by atoms with E-state index in [1.165, 1.54) is 0 Å². The number of halogens is 16. The number of hydrogen-bond acceptors (Lipinski definition) is 5. The summed E-state index contributed by atoms with van der Waals surface area (Å²) < 4.78 is 240. The minimum Gasteiger partial charge on any atom is -0.481 e. The lowest BCUT2D eigenvalue weighted by molar-refractivity contribution is -0.315. The quantitative estimate of drug-likeness (QED) is 0.170. The molecule has 0 aromatic heterocycles. The SMILES string of the molecule is O=C(O)CC(C(=O)OC(F)C(F)(F)C(F)(F)C(F)C(F)F)(C(F)C(F)(F)C(F)(F)C(F)C(F)F)S(=O)(=O)O. The molecule has 0 aromatic carbocycles. The van der Waals surface area contributed by atoms with Gasteiger partial charge in [-0.2, -0.15) is 47.9 Å². The highest BCUT2D eigenvalue weighted by Gasteiger charge is 2.78. The fourth-order valence-corrected chi connectivity index (χ4v) is 3.36. The van der Waals surface area contributed by atoms with Gasteiger partial charge in [0.25, 0.3) is 23.0 Å². The molecule has 0 saturated heterocycles. The van der Waals surface area contributed by atoms with Crippen LogP contribution in [0.15, 0.2) is 0 Å². The Kier molecular flexibility index (Phi) is 10.4. The van der Waals surface area contributed by atoms with Gasteiger partial charge in [0.2, 0.25) is 23.3 Å². The number of rotatable bonds is 14. The molecule has 0 amide bonds. The summed E-state index contributed by atoms with van der Waals surface area (Å²) in [6.07, 6.45) is -36.2. The van der Waals surface area contributed by atoms with Gasteiger partial charge in [-0.3, -0.25) is 14.1 Å². The van der Waals surface area contributed by atoms with Gasteiger partial charge in [-0.05, 0) is 0 Å². The number of ether oxygens (including phenoxy) is 1. The van der Waals surface area contributed by atoms with Crippen molar-refractivity contribution in [3.8, 4) is 0 Å². The molecular formula is C14H10F16O7S. The van der Waals surface area contributed by atoms with Crippen LogP contribution in [0.3, 0.4) is 0 Å². The summed E-state index contributed by atoms with van der Waals surface area (Å²) in [6.45, 7) is 0.